The summed E-state index contributed by atoms with van der Waals surface area (Å²) >= 11 is 0. The summed E-state index contributed by atoms with van der Waals surface area (Å²) in [6.07, 6.45) is -0.0342. The molecule has 0 aromatic carbocycles. The molecule has 18 heavy (non-hydrogen) atoms. The minimum Gasteiger partial charge on any atom is -0.443 e. The summed E-state index contributed by atoms with van der Waals surface area (Å²) < 4.78 is 36.3. The van der Waals surface area contributed by atoms with Gasteiger partial charge in [-0.15, -0.1) is 0 Å². The van der Waals surface area contributed by atoms with Crippen LogP contribution in [0.5, 0.6) is 0 Å². The number of carbonyl (C=O) groups excluding carboxylic acids is 1. The average molecular weight is 277 g/mol. The Kier molecular flexibility index (Phi) is 7.19. The molecule has 0 aliphatic rings. The largest absolute Gasteiger partial charge is 0.443 e. The van der Waals surface area contributed by atoms with E-state index in [0.717, 1.165) is 0 Å². The van der Waals surface area contributed by atoms with E-state index in [0.29, 0.717) is 0 Å². The molecule has 0 rings (SSSR count). The normalized spacial score (nSPS) is 11.0. The predicted molar refractivity (Wildman–Crippen MR) is 61.7 cm³/mol. The van der Waals surface area contributed by atoms with Gasteiger partial charge < -0.3 is 9.47 Å². The van der Waals surface area contributed by atoms with Crippen molar-refractivity contribution in [2.75, 3.05) is 19.2 Å². The Morgan fingerprint density at radius 1 is 1.39 bits per heavy atom. The Hall–Kier alpha value is -1.43. The summed E-state index contributed by atoms with van der Waals surface area (Å²) in [6.45, 7) is 6.61. The molecule has 0 atom stereocenters. The number of ether oxygens (including phenoxy) is 2. The van der Waals surface area contributed by atoms with Crippen molar-refractivity contribution in [2.45, 2.75) is 20.0 Å². The van der Waals surface area contributed by atoms with E-state index in [9.17, 15) is 13.2 Å². The second kappa shape index (κ2) is 7.81. The fraction of sp³-hybridized carbons (Fsp3) is 0.600. The van der Waals surface area contributed by atoms with Gasteiger partial charge >= 0.3 is 16.1 Å². The summed E-state index contributed by atoms with van der Waals surface area (Å²) in [7, 11) is -3.99. The van der Waals surface area contributed by atoms with E-state index in [4.69, 9.17) is 10.00 Å². The third-order valence-corrected chi connectivity index (χ3v) is 2.45. The number of hydrogen-bond donors (Lipinski definition) is 0. The van der Waals surface area contributed by atoms with E-state index in [-0.39, 0.29) is 19.3 Å². The number of rotatable bonds is 8. The van der Waals surface area contributed by atoms with Gasteiger partial charge in [-0.05, 0) is 13.8 Å². The minimum atomic E-state index is -3.99. The lowest BCUT2D eigenvalue weighted by molar-refractivity contribution is -0.136. The van der Waals surface area contributed by atoms with Crippen molar-refractivity contribution in [3.8, 4) is 6.07 Å². The summed E-state index contributed by atoms with van der Waals surface area (Å²) in [5.41, 5.74) is -0.478. The first-order valence-corrected chi connectivity index (χ1v) is 6.61. The smallest absolute Gasteiger partial charge is 0.349 e. The van der Waals surface area contributed by atoms with Gasteiger partial charge in [0, 0.05) is 0 Å². The fourth-order valence-corrected chi connectivity index (χ4v) is 1.38. The van der Waals surface area contributed by atoms with E-state index < -0.39 is 27.6 Å². The molecule has 102 valence electrons. The highest BCUT2D eigenvalue weighted by Gasteiger charge is 2.16. The van der Waals surface area contributed by atoms with Gasteiger partial charge in [0.1, 0.15) is 11.6 Å². The lowest BCUT2D eigenvalue weighted by Crippen LogP contribution is -2.20. The Morgan fingerprint density at radius 3 is 2.50 bits per heavy atom. The second-order valence-corrected chi connectivity index (χ2v) is 5.03. The first-order valence-electron chi connectivity index (χ1n) is 5.03. The average Bonchev–Trinajstić information content (AvgIpc) is 2.30. The van der Waals surface area contributed by atoms with Gasteiger partial charge in [0.15, 0.2) is 0 Å². The molecule has 0 fully saturated rings. The van der Waals surface area contributed by atoms with E-state index in [1.165, 1.54) is 6.07 Å². The number of nitriles is 1. The molecule has 8 heteroatoms. The van der Waals surface area contributed by atoms with Crippen LogP contribution in [0.3, 0.4) is 0 Å². The van der Waals surface area contributed by atoms with E-state index in [1.807, 2.05) is 0 Å². The standard InChI is InChI=1S/C10H15NO6S/c1-8(2)15-4-5-17-18(13,14)7-16-10(12)9(3)6-11/h8H,3-5,7H2,1-2H3. The molecule has 7 nitrogen and oxygen atoms in total. The number of carbonyl (C=O) groups is 1. The maximum Gasteiger partial charge on any atom is 0.349 e. The Balaban J connectivity index is 3.99. The Labute approximate surface area is 106 Å². The summed E-state index contributed by atoms with van der Waals surface area (Å²) in [4.78, 5) is 11.0. The van der Waals surface area contributed by atoms with Crippen LogP contribution in [0.15, 0.2) is 12.2 Å². The molecule has 0 saturated heterocycles. The van der Waals surface area contributed by atoms with Crippen molar-refractivity contribution in [2.24, 2.45) is 0 Å². The van der Waals surface area contributed by atoms with Crippen LogP contribution in [-0.2, 0) is 28.6 Å². The van der Waals surface area contributed by atoms with Gasteiger partial charge in [-0.1, -0.05) is 6.58 Å². The van der Waals surface area contributed by atoms with E-state index in [1.54, 1.807) is 13.8 Å². The van der Waals surface area contributed by atoms with Crippen LogP contribution in [0.25, 0.3) is 0 Å². The third-order valence-electron chi connectivity index (χ3n) is 1.51. The number of hydrogen-bond acceptors (Lipinski definition) is 7. The zero-order valence-electron chi connectivity index (χ0n) is 10.2. The van der Waals surface area contributed by atoms with Gasteiger partial charge in [0.05, 0.1) is 19.3 Å². The van der Waals surface area contributed by atoms with Gasteiger partial charge in [-0.25, -0.2) is 4.79 Å². The van der Waals surface area contributed by atoms with Crippen LogP contribution in [-0.4, -0.2) is 39.6 Å². The van der Waals surface area contributed by atoms with Crippen molar-refractivity contribution in [3.63, 3.8) is 0 Å². The Morgan fingerprint density at radius 2 is 2.00 bits per heavy atom. The fourth-order valence-electron chi connectivity index (χ4n) is 0.737. The topological polar surface area (TPSA) is 103 Å². The minimum absolute atomic E-state index is 0.0342. The summed E-state index contributed by atoms with van der Waals surface area (Å²) in [6, 6.07) is 1.44. The highest BCUT2D eigenvalue weighted by Crippen LogP contribution is 1.99. The molecule has 0 radical (unpaired) electrons. The van der Waals surface area contributed by atoms with Crippen LogP contribution in [0, 0.1) is 11.3 Å². The van der Waals surface area contributed by atoms with Gasteiger partial charge in [-0.3, -0.25) is 4.18 Å². The van der Waals surface area contributed by atoms with Gasteiger partial charge in [0.2, 0.25) is 5.94 Å². The van der Waals surface area contributed by atoms with Crippen LogP contribution in [0.4, 0.5) is 0 Å². The zero-order chi connectivity index (χ0) is 14.2. The molecule has 0 N–H and O–H groups in total. The molecule has 0 aromatic heterocycles. The maximum atomic E-state index is 11.2. The summed E-state index contributed by atoms with van der Waals surface area (Å²) in [5, 5.41) is 8.31. The third kappa shape index (κ3) is 7.78. The van der Waals surface area contributed by atoms with Crippen molar-refractivity contribution in [1.29, 1.82) is 5.26 Å². The van der Waals surface area contributed by atoms with E-state index in [2.05, 4.69) is 15.5 Å². The van der Waals surface area contributed by atoms with Crippen molar-refractivity contribution >= 4 is 16.1 Å². The molecule has 0 aromatic rings. The van der Waals surface area contributed by atoms with Crippen molar-refractivity contribution < 1.29 is 26.9 Å². The molecule has 0 amide bonds. The second-order valence-electron chi connectivity index (χ2n) is 3.44. The van der Waals surface area contributed by atoms with Crippen LogP contribution in [0.2, 0.25) is 0 Å². The summed E-state index contributed by atoms with van der Waals surface area (Å²) in [5.74, 6) is -2.06. The van der Waals surface area contributed by atoms with Crippen LogP contribution < -0.4 is 0 Å². The molecule has 0 aliphatic carbocycles. The van der Waals surface area contributed by atoms with Crippen LogP contribution >= 0.6 is 0 Å². The monoisotopic (exact) mass is 277 g/mol. The number of esters is 1. The number of nitrogens with zero attached hydrogens (tertiary/aromatic N) is 1. The van der Waals surface area contributed by atoms with Gasteiger partial charge in [0.25, 0.3) is 0 Å². The predicted octanol–water partition coefficient (Wildman–Crippen LogP) is 0.338. The molecule has 0 heterocycles. The molecule has 0 spiro atoms. The first kappa shape index (κ1) is 16.6. The molecular formula is C10H15NO6S. The molecule has 0 unspecified atom stereocenters. The van der Waals surface area contributed by atoms with Gasteiger partial charge in [-0.2, -0.15) is 13.7 Å². The molecule has 0 bridgehead atoms. The van der Waals surface area contributed by atoms with Crippen molar-refractivity contribution in [3.05, 3.63) is 12.2 Å². The van der Waals surface area contributed by atoms with Crippen LogP contribution in [0.1, 0.15) is 13.8 Å². The SMILES string of the molecule is C=C(C#N)C(=O)OCS(=O)(=O)OCCOC(C)C. The zero-order valence-corrected chi connectivity index (χ0v) is 11.0. The molecular weight excluding hydrogens is 262 g/mol. The Bertz CT molecular complexity index is 434. The highest BCUT2D eigenvalue weighted by atomic mass is 32.2. The van der Waals surface area contributed by atoms with Crippen molar-refractivity contribution in [1.82, 2.24) is 0 Å². The maximum absolute atomic E-state index is 11.2. The lowest BCUT2D eigenvalue weighted by atomic mass is 10.3. The lowest BCUT2D eigenvalue weighted by Gasteiger charge is -2.08. The first-order chi connectivity index (χ1) is 8.28. The molecule has 0 saturated carbocycles. The van der Waals surface area contributed by atoms with E-state index >= 15 is 0 Å². The highest BCUT2D eigenvalue weighted by molar-refractivity contribution is 7.86. The quantitative estimate of drug-likeness (QED) is 0.207. The molecule has 0 aliphatic heterocycles.